The third-order valence-corrected chi connectivity index (χ3v) is 5.90. The highest BCUT2D eigenvalue weighted by Gasteiger charge is 2.27. The SMILES string of the molecule is CC(C)N(CCO)C(=O)c1nc(Cc2ccccc2-c2ccncc2)nc(O)c1OCc1ccccc1. The summed E-state index contributed by atoms with van der Waals surface area (Å²) < 4.78 is 5.89. The van der Waals surface area contributed by atoms with Crippen LogP contribution in [-0.2, 0) is 13.0 Å². The number of amides is 1. The molecule has 0 radical (unpaired) electrons. The second kappa shape index (κ2) is 12.1. The highest BCUT2D eigenvalue weighted by molar-refractivity contribution is 5.95. The monoisotopic (exact) mass is 498 g/mol. The number of aromatic hydroxyl groups is 1. The van der Waals surface area contributed by atoms with Gasteiger partial charge in [0.2, 0.25) is 5.75 Å². The summed E-state index contributed by atoms with van der Waals surface area (Å²) in [5.74, 6) is -0.655. The van der Waals surface area contributed by atoms with E-state index in [1.165, 1.54) is 4.90 Å². The van der Waals surface area contributed by atoms with Gasteiger partial charge in [0, 0.05) is 31.4 Å². The fourth-order valence-electron chi connectivity index (χ4n) is 4.07. The molecule has 0 fully saturated rings. The summed E-state index contributed by atoms with van der Waals surface area (Å²) in [5, 5.41) is 20.4. The number of aromatic nitrogens is 3. The summed E-state index contributed by atoms with van der Waals surface area (Å²) >= 11 is 0. The van der Waals surface area contributed by atoms with E-state index in [0.717, 1.165) is 22.3 Å². The average molecular weight is 499 g/mol. The summed E-state index contributed by atoms with van der Waals surface area (Å²) in [5.41, 5.74) is 3.73. The summed E-state index contributed by atoms with van der Waals surface area (Å²) in [4.78, 5) is 28.0. The average Bonchev–Trinajstić information content (AvgIpc) is 2.92. The maximum Gasteiger partial charge on any atom is 0.276 e. The second-order valence-corrected chi connectivity index (χ2v) is 8.80. The van der Waals surface area contributed by atoms with Crippen molar-refractivity contribution in [3.63, 3.8) is 0 Å². The van der Waals surface area contributed by atoms with Crippen LogP contribution in [0.15, 0.2) is 79.1 Å². The van der Waals surface area contributed by atoms with Crippen molar-refractivity contribution in [2.45, 2.75) is 32.9 Å². The van der Waals surface area contributed by atoms with Gasteiger partial charge in [0.15, 0.2) is 5.69 Å². The van der Waals surface area contributed by atoms with Crippen LogP contribution in [0, 0.1) is 0 Å². The van der Waals surface area contributed by atoms with Crippen molar-refractivity contribution in [3.05, 3.63) is 102 Å². The Morgan fingerprint density at radius 2 is 1.68 bits per heavy atom. The normalized spacial score (nSPS) is 10.9. The number of ether oxygens (including phenoxy) is 1. The molecule has 190 valence electrons. The topological polar surface area (TPSA) is 109 Å². The Morgan fingerprint density at radius 1 is 0.973 bits per heavy atom. The fourth-order valence-corrected chi connectivity index (χ4v) is 4.07. The van der Waals surface area contributed by atoms with Crippen LogP contribution in [0.25, 0.3) is 11.1 Å². The molecular weight excluding hydrogens is 468 g/mol. The lowest BCUT2D eigenvalue weighted by Gasteiger charge is -2.26. The van der Waals surface area contributed by atoms with Crippen LogP contribution in [0.5, 0.6) is 11.6 Å². The minimum absolute atomic E-state index is 0.0398. The van der Waals surface area contributed by atoms with E-state index in [1.54, 1.807) is 12.4 Å². The first-order valence-corrected chi connectivity index (χ1v) is 12.1. The molecule has 2 N–H and O–H groups in total. The van der Waals surface area contributed by atoms with Crippen LogP contribution >= 0.6 is 0 Å². The zero-order chi connectivity index (χ0) is 26.2. The van der Waals surface area contributed by atoms with E-state index in [9.17, 15) is 15.0 Å². The van der Waals surface area contributed by atoms with Gasteiger partial charge in [0.05, 0.1) is 6.61 Å². The highest BCUT2D eigenvalue weighted by atomic mass is 16.5. The van der Waals surface area contributed by atoms with Gasteiger partial charge in [0.1, 0.15) is 12.4 Å². The molecule has 2 heterocycles. The molecule has 2 aromatic carbocycles. The zero-order valence-corrected chi connectivity index (χ0v) is 20.9. The minimum atomic E-state index is -0.450. The van der Waals surface area contributed by atoms with E-state index in [0.29, 0.717) is 0 Å². The number of pyridine rings is 1. The standard InChI is InChI=1S/C29H30N4O4/c1-20(2)33(16-17-34)29(36)26-27(37-19-21-8-4-3-5-9-21)28(35)32-25(31-26)18-23-10-6-7-11-24(23)22-12-14-30-15-13-22/h3-15,20,34H,16-19H2,1-2H3,(H,31,32,35). The molecule has 0 aliphatic heterocycles. The third-order valence-electron chi connectivity index (χ3n) is 5.90. The molecule has 0 unspecified atom stereocenters. The smallest absolute Gasteiger partial charge is 0.276 e. The van der Waals surface area contributed by atoms with Crippen LogP contribution < -0.4 is 4.74 Å². The van der Waals surface area contributed by atoms with Crippen LogP contribution in [0.3, 0.4) is 0 Å². The van der Waals surface area contributed by atoms with Crippen molar-refractivity contribution in [1.29, 1.82) is 0 Å². The minimum Gasteiger partial charge on any atom is -0.491 e. The molecule has 0 atom stereocenters. The van der Waals surface area contributed by atoms with Gasteiger partial charge in [-0.05, 0) is 48.2 Å². The molecule has 0 saturated heterocycles. The van der Waals surface area contributed by atoms with Gasteiger partial charge in [-0.15, -0.1) is 0 Å². The van der Waals surface area contributed by atoms with E-state index in [1.807, 2.05) is 80.6 Å². The third kappa shape index (κ3) is 6.29. The van der Waals surface area contributed by atoms with Crippen LogP contribution in [-0.4, -0.2) is 55.2 Å². The van der Waals surface area contributed by atoms with Gasteiger partial charge in [-0.25, -0.2) is 4.98 Å². The first-order valence-electron chi connectivity index (χ1n) is 12.1. The molecule has 1 amide bonds. The van der Waals surface area contributed by atoms with Crippen molar-refractivity contribution in [2.24, 2.45) is 0 Å². The van der Waals surface area contributed by atoms with Gasteiger partial charge in [-0.1, -0.05) is 54.6 Å². The van der Waals surface area contributed by atoms with Crippen molar-refractivity contribution in [3.8, 4) is 22.8 Å². The van der Waals surface area contributed by atoms with Crippen LogP contribution in [0.2, 0.25) is 0 Å². The number of nitrogens with zero attached hydrogens (tertiary/aromatic N) is 4. The van der Waals surface area contributed by atoms with Crippen LogP contribution in [0.1, 0.15) is 41.3 Å². The number of hydrogen-bond donors (Lipinski definition) is 2. The molecule has 0 saturated carbocycles. The van der Waals surface area contributed by atoms with Gasteiger partial charge >= 0.3 is 0 Å². The van der Waals surface area contributed by atoms with E-state index in [2.05, 4.69) is 15.0 Å². The number of carbonyl (C=O) groups is 1. The fraction of sp³-hybridized carbons (Fsp3) is 0.241. The first-order chi connectivity index (χ1) is 18.0. The Hall–Kier alpha value is -4.30. The van der Waals surface area contributed by atoms with Gasteiger partial charge in [-0.2, -0.15) is 4.98 Å². The molecule has 0 bridgehead atoms. The molecule has 8 heteroatoms. The van der Waals surface area contributed by atoms with E-state index >= 15 is 0 Å². The number of aliphatic hydroxyl groups is 1. The highest BCUT2D eigenvalue weighted by Crippen LogP contribution is 2.31. The van der Waals surface area contributed by atoms with Crippen molar-refractivity contribution in [1.82, 2.24) is 19.9 Å². The number of rotatable bonds is 10. The molecule has 8 nitrogen and oxygen atoms in total. The Balaban J connectivity index is 1.73. The molecule has 2 aromatic heterocycles. The Kier molecular flexibility index (Phi) is 8.43. The van der Waals surface area contributed by atoms with Crippen LogP contribution in [0.4, 0.5) is 0 Å². The van der Waals surface area contributed by atoms with Gasteiger partial charge in [-0.3, -0.25) is 9.78 Å². The molecule has 0 aliphatic rings. The number of hydrogen-bond acceptors (Lipinski definition) is 7. The van der Waals surface area contributed by atoms with Crippen molar-refractivity contribution >= 4 is 5.91 Å². The lowest BCUT2D eigenvalue weighted by Crippen LogP contribution is -2.39. The molecule has 0 aliphatic carbocycles. The molecule has 4 rings (SSSR count). The Labute approximate surface area is 216 Å². The quantitative estimate of drug-likeness (QED) is 0.336. The maximum atomic E-state index is 13.6. The molecule has 4 aromatic rings. The summed E-state index contributed by atoms with van der Waals surface area (Å²) in [6.45, 7) is 3.76. The number of carbonyl (C=O) groups excluding carboxylic acids is 1. The number of aliphatic hydroxyl groups excluding tert-OH is 1. The molecule has 37 heavy (non-hydrogen) atoms. The van der Waals surface area contributed by atoms with Crippen molar-refractivity contribution < 1.29 is 19.7 Å². The van der Waals surface area contributed by atoms with Gasteiger partial charge in [0.25, 0.3) is 11.8 Å². The van der Waals surface area contributed by atoms with E-state index < -0.39 is 11.8 Å². The summed E-state index contributed by atoms with van der Waals surface area (Å²) in [6.07, 6.45) is 3.74. The largest absolute Gasteiger partial charge is 0.491 e. The first kappa shape index (κ1) is 25.8. The van der Waals surface area contributed by atoms with E-state index in [4.69, 9.17) is 4.74 Å². The lowest BCUT2D eigenvalue weighted by molar-refractivity contribution is 0.0652. The zero-order valence-electron chi connectivity index (χ0n) is 20.9. The Morgan fingerprint density at radius 3 is 2.38 bits per heavy atom. The summed E-state index contributed by atoms with van der Waals surface area (Å²) in [6, 6.07) is 20.9. The second-order valence-electron chi connectivity index (χ2n) is 8.80. The maximum absolute atomic E-state index is 13.6. The predicted molar refractivity (Wildman–Crippen MR) is 140 cm³/mol. The predicted octanol–water partition coefficient (Wildman–Crippen LogP) is 4.26. The molecular formula is C29H30N4O4. The Bertz CT molecular complexity index is 1330. The van der Waals surface area contributed by atoms with Gasteiger partial charge < -0.3 is 19.8 Å². The summed E-state index contributed by atoms with van der Waals surface area (Å²) in [7, 11) is 0. The van der Waals surface area contributed by atoms with E-state index in [-0.39, 0.29) is 49.5 Å². The van der Waals surface area contributed by atoms with Crippen molar-refractivity contribution in [2.75, 3.05) is 13.2 Å². The number of benzene rings is 2. The lowest BCUT2D eigenvalue weighted by atomic mass is 9.98. The molecule has 0 spiro atoms.